The van der Waals surface area contributed by atoms with Gasteiger partial charge in [0, 0.05) is 24.7 Å². The van der Waals surface area contributed by atoms with Crippen molar-refractivity contribution < 1.29 is 9.72 Å². The number of halogens is 1. The Morgan fingerprint density at radius 1 is 1.00 bits per heavy atom. The van der Waals surface area contributed by atoms with Gasteiger partial charge in [0.2, 0.25) is 5.91 Å². The van der Waals surface area contributed by atoms with E-state index in [0.29, 0.717) is 12.2 Å². The van der Waals surface area contributed by atoms with Crippen molar-refractivity contribution in [2.45, 2.75) is 12.1 Å². The van der Waals surface area contributed by atoms with Crippen LogP contribution in [0.15, 0.2) is 78.9 Å². The van der Waals surface area contributed by atoms with Gasteiger partial charge in [0.1, 0.15) is 6.04 Å². The number of carbonyl (C=O) groups excluding carboxylic acids is 1. The van der Waals surface area contributed by atoms with Crippen LogP contribution in [0.2, 0.25) is 5.02 Å². The summed E-state index contributed by atoms with van der Waals surface area (Å²) < 4.78 is 0. The van der Waals surface area contributed by atoms with Crippen molar-refractivity contribution in [1.82, 2.24) is 10.2 Å². The van der Waals surface area contributed by atoms with Crippen molar-refractivity contribution in [1.29, 1.82) is 0 Å². The molecule has 0 radical (unpaired) electrons. The number of nitrogens with one attached hydrogen (secondary N) is 2. The summed E-state index contributed by atoms with van der Waals surface area (Å²) in [6, 6.07) is 22.8. The van der Waals surface area contributed by atoms with E-state index in [1.165, 1.54) is 18.2 Å². The highest BCUT2D eigenvalue weighted by Gasteiger charge is 2.24. The minimum atomic E-state index is -0.645. The summed E-state index contributed by atoms with van der Waals surface area (Å²) in [6.45, 7) is 0.526. The molecule has 0 spiro atoms. The molecule has 2 N–H and O–H groups in total. The van der Waals surface area contributed by atoms with Gasteiger partial charge in [-0.15, -0.1) is 0 Å². The maximum absolute atomic E-state index is 13.2. The molecule has 3 aromatic rings. The van der Waals surface area contributed by atoms with Crippen LogP contribution in [0.5, 0.6) is 0 Å². The number of amides is 1. The lowest BCUT2D eigenvalue weighted by Gasteiger charge is -2.28. The maximum Gasteiger partial charge on any atom is 0.271 e. The van der Waals surface area contributed by atoms with E-state index in [9.17, 15) is 14.9 Å². The SMILES string of the molecule is CN(C)[C@H](CN[C@@H](C(=O)Nc1ccc([N+](=O)[O-])cc1Cl)c1ccccc1)c1ccccc1. The van der Waals surface area contributed by atoms with Crippen LogP contribution >= 0.6 is 11.6 Å². The molecule has 7 nitrogen and oxygen atoms in total. The molecule has 32 heavy (non-hydrogen) atoms. The van der Waals surface area contributed by atoms with Gasteiger partial charge in [-0.1, -0.05) is 72.3 Å². The lowest BCUT2D eigenvalue weighted by molar-refractivity contribution is -0.384. The van der Waals surface area contributed by atoms with E-state index >= 15 is 0 Å². The van der Waals surface area contributed by atoms with Crippen molar-refractivity contribution in [2.75, 3.05) is 26.0 Å². The van der Waals surface area contributed by atoms with Crippen LogP contribution in [-0.4, -0.2) is 36.4 Å². The highest BCUT2D eigenvalue weighted by molar-refractivity contribution is 6.34. The maximum atomic E-state index is 13.2. The molecule has 3 aromatic carbocycles. The number of nitro benzene ring substituents is 1. The topological polar surface area (TPSA) is 87.5 Å². The van der Waals surface area contributed by atoms with Crippen molar-refractivity contribution in [3.8, 4) is 0 Å². The Kier molecular flexibility index (Phi) is 7.94. The molecule has 1 amide bonds. The van der Waals surface area contributed by atoms with Crippen LogP contribution in [-0.2, 0) is 4.79 Å². The molecule has 0 heterocycles. The number of non-ortho nitro benzene ring substituents is 1. The molecule has 0 aliphatic rings. The normalized spacial score (nSPS) is 12.9. The quantitative estimate of drug-likeness (QED) is 0.359. The number of nitro groups is 1. The molecule has 0 unspecified atom stereocenters. The smallest absolute Gasteiger partial charge is 0.271 e. The first kappa shape index (κ1) is 23.4. The minimum Gasteiger partial charge on any atom is -0.323 e. The predicted octanol–water partition coefficient (Wildman–Crippen LogP) is 4.82. The molecule has 0 fully saturated rings. The summed E-state index contributed by atoms with van der Waals surface area (Å²) in [5.41, 5.74) is 2.11. The standard InChI is InChI=1S/C24H25ClN4O3/c1-28(2)22(17-9-5-3-6-10-17)16-26-23(18-11-7-4-8-12-18)24(30)27-21-14-13-19(29(31)32)15-20(21)25/h3-15,22-23,26H,16H2,1-2H3,(H,27,30)/t22-,23-/m1/s1. The average Bonchev–Trinajstić information content (AvgIpc) is 2.78. The number of hydrogen-bond acceptors (Lipinski definition) is 5. The summed E-state index contributed by atoms with van der Waals surface area (Å²) in [4.78, 5) is 25.7. The molecule has 2 atom stereocenters. The fourth-order valence-electron chi connectivity index (χ4n) is 3.43. The van der Waals surface area contributed by atoms with E-state index < -0.39 is 11.0 Å². The molecule has 0 aromatic heterocycles. The second-order valence-electron chi connectivity index (χ2n) is 7.55. The molecular weight excluding hydrogens is 428 g/mol. The van der Waals surface area contributed by atoms with Crippen molar-refractivity contribution in [2.24, 2.45) is 0 Å². The number of likely N-dealkylation sites (N-methyl/N-ethyl adjacent to an activating group) is 1. The molecule has 166 valence electrons. The Balaban J connectivity index is 1.82. The van der Waals surface area contributed by atoms with Gasteiger partial charge in [0.05, 0.1) is 15.6 Å². The third-order valence-electron chi connectivity index (χ3n) is 5.14. The van der Waals surface area contributed by atoms with Crippen LogP contribution in [0, 0.1) is 10.1 Å². The molecule has 8 heteroatoms. The second-order valence-corrected chi connectivity index (χ2v) is 7.96. The number of hydrogen-bond donors (Lipinski definition) is 2. The Hall–Kier alpha value is -3.26. The van der Waals surface area contributed by atoms with Gasteiger partial charge in [0.15, 0.2) is 0 Å². The van der Waals surface area contributed by atoms with E-state index in [0.717, 1.165) is 11.1 Å². The van der Waals surface area contributed by atoms with E-state index in [4.69, 9.17) is 11.6 Å². The summed E-state index contributed by atoms with van der Waals surface area (Å²) in [6.07, 6.45) is 0. The molecule has 0 bridgehead atoms. The van der Waals surface area contributed by atoms with Gasteiger partial charge >= 0.3 is 0 Å². The molecular formula is C24H25ClN4O3. The van der Waals surface area contributed by atoms with Crippen molar-refractivity contribution in [3.63, 3.8) is 0 Å². The molecule has 3 rings (SSSR count). The monoisotopic (exact) mass is 452 g/mol. The van der Waals surface area contributed by atoms with Gasteiger partial charge in [0.25, 0.3) is 5.69 Å². The van der Waals surface area contributed by atoms with E-state index in [2.05, 4.69) is 27.7 Å². The second kappa shape index (κ2) is 10.9. The van der Waals surface area contributed by atoms with Crippen LogP contribution in [0.3, 0.4) is 0 Å². The first-order chi connectivity index (χ1) is 15.4. The van der Waals surface area contributed by atoms with Crippen LogP contribution in [0.4, 0.5) is 11.4 Å². The molecule has 0 aliphatic carbocycles. The van der Waals surface area contributed by atoms with Gasteiger partial charge < -0.3 is 15.5 Å². The van der Waals surface area contributed by atoms with Gasteiger partial charge in [-0.05, 0) is 31.3 Å². The number of nitrogens with zero attached hydrogens (tertiary/aromatic N) is 2. The summed E-state index contributed by atoms with van der Waals surface area (Å²) in [7, 11) is 3.99. The predicted molar refractivity (Wildman–Crippen MR) is 127 cm³/mol. The van der Waals surface area contributed by atoms with E-state index in [1.54, 1.807) is 0 Å². The fourth-order valence-corrected chi connectivity index (χ4v) is 3.66. The third-order valence-corrected chi connectivity index (χ3v) is 5.45. The van der Waals surface area contributed by atoms with Gasteiger partial charge in [-0.25, -0.2) is 0 Å². The minimum absolute atomic E-state index is 0.0539. The largest absolute Gasteiger partial charge is 0.323 e. The Morgan fingerprint density at radius 3 is 2.12 bits per heavy atom. The molecule has 0 aliphatic heterocycles. The first-order valence-corrected chi connectivity index (χ1v) is 10.5. The van der Waals surface area contributed by atoms with Gasteiger partial charge in [-0.2, -0.15) is 0 Å². The third kappa shape index (κ3) is 5.91. The summed E-state index contributed by atoms with van der Waals surface area (Å²) in [5, 5.41) is 17.2. The number of benzene rings is 3. The average molecular weight is 453 g/mol. The Bertz CT molecular complexity index is 1060. The zero-order valence-electron chi connectivity index (χ0n) is 17.9. The zero-order chi connectivity index (χ0) is 23.1. The lowest BCUT2D eigenvalue weighted by Crippen LogP contribution is -2.38. The summed E-state index contributed by atoms with van der Waals surface area (Å²) >= 11 is 6.17. The zero-order valence-corrected chi connectivity index (χ0v) is 18.6. The van der Waals surface area contributed by atoms with Crippen LogP contribution in [0.25, 0.3) is 0 Å². The number of carbonyl (C=O) groups is 1. The molecule has 0 saturated heterocycles. The molecule has 0 saturated carbocycles. The first-order valence-electron chi connectivity index (χ1n) is 10.1. The van der Waals surface area contributed by atoms with Crippen molar-refractivity contribution in [3.05, 3.63) is 105 Å². The highest BCUT2D eigenvalue weighted by Crippen LogP contribution is 2.28. The van der Waals surface area contributed by atoms with Crippen LogP contribution < -0.4 is 10.6 Å². The highest BCUT2D eigenvalue weighted by atomic mass is 35.5. The number of anilines is 1. The Labute approximate surface area is 192 Å². The van der Waals surface area contributed by atoms with E-state index in [-0.39, 0.29) is 22.7 Å². The van der Waals surface area contributed by atoms with Crippen molar-refractivity contribution >= 4 is 28.9 Å². The Morgan fingerprint density at radius 2 is 1.59 bits per heavy atom. The van der Waals surface area contributed by atoms with Crippen LogP contribution in [0.1, 0.15) is 23.2 Å². The lowest BCUT2D eigenvalue weighted by atomic mass is 10.0. The fraction of sp³-hybridized carbons (Fsp3) is 0.208. The summed E-state index contributed by atoms with van der Waals surface area (Å²) in [5.74, 6) is -0.308. The number of rotatable bonds is 9. The van der Waals surface area contributed by atoms with E-state index in [1.807, 2.05) is 62.6 Å². The van der Waals surface area contributed by atoms with Gasteiger partial charge in [-0.3, -0.25) is 14.9 Å².